The number of halogens is 3. The molecule has 134 valence electrons. The Hall–Kier alpha value is -3.16. The van der Waals surface area contributed by atoms with Crippen LogP contribution in [0.15, 0.2) is 47.4 Å². The Bertz CT molecular complexity index is 1070. The van der Waals surface area contributed by atoms with Gasteiger partial charge in [0.25, 0.3) is 11.5 Å². The van der Waals surface area contributed by atoms with Crippen LogP contribution in [0, 0.1) is 13.8 Å². The summed E-state index contributed by atoms with van der Waals surface area (Å²) in [5.74, 6) is -0.814. The lowest BCUT2D eigenvalue weighted by Crippen LogP contribution is -2.25. The van der Waals surface area contributed by atoms with Crippen LogP contribution in [0.4, 0.5) is 18.9 Å². The summed E-state index contributed by atoms with van der Waals surface area (Å²) in [5.41, 5.74) is -0.203. The number of pyridine rings is 1. The van der Waals surface area contributed by atoms with Gasteiger partial charge in [-0.3, -0.25) is 14.0 Å². The van der Waals surface area contributed by atoms with E-state index in [4.69, 9.17) is 0 Å². The number of hydrogen-bond acceptors (Lipinski definition) is 3. The van der Waals surface area contributed by atoms with Crippen LogP contribution < -0.4 is 10.9 Å². The summed E-state index contributed by atoms with van der Waals surface area (Å²) in [6.45, 7) is 3.34. The van der Waals surface area contributed by atoms with Crippen molar-refractivity contribution in [3.8, 4) is 0 Å². The van der Waals surface area contributed by atoms with Crippen molar-refractivity contribution >= 4 is 17.2 Å². The lowest BCUT2D eigenvalue weighted by molar-refractivity contribution is -0.137. The van der Waals surface area contributed by atoms with Gasteiger partial charge < -0.3 is 5.32 Å². The van der Waals surface area contributed by atoms with Crippen molar-refractivity contribution in [3.63, 3.8) is 0 Å². The van der Waals surface area contributed by atoms with Crippen molar-refractivity contribution in [2.24, 2.45) is 0 Å². The minimum atomic E-state index is -4.56. The van der Waals surface area contributed by atoms with Crippen LogP contribution in [0.25, 0.3) is 5.65 Å². The van der Waals surface area contributed by atoms with E-state index >= 15 is 0 Å². The third kappa shape index (κ3) is 3.17. The van der Waals surface area contributed by atoms with Crippen LogP contribution in [0.2, 0.25) is 0 Å². The van der Waals surface area contributed by atoms with Crippen molar-refractivity contribution in [3.05, 3.63) is 75.3 Å². The molecule has 3 rings (SSSR count). The van der Waals surface area contributed by atoms with E-state index in [2.05, 4.69) is 10.3 Å². The summed E-state index contributed by atoms with van der Waals surface area (Å²) in [6, 6.07) is 7.45. The molecule has 1 aromatic carbocycles. The minimum Gasteiger partial charge on any atom is -0.316 e. The van der Waals surface area contributed by atoms with Gasteiger partial charge >= 0.3 is 6.18 Å². The van der Waals surface area contributed by atoms with Gasteiger partial charge in [-0.1, -0.05) is 12.1 Å². The van der Waals surface area contributed by atoms with Crippen molar-refractivity contribution in [2.45, 2.75) is 20.0 Å². The van der Waals surface area contributed by atoms with E-state index in [1.165, 1.54) is 16.7 Å². The van der Waals surface area contributed by atoms with E-state index in [9.17, 15) is 22.8 Å². The zero-order valence-electron chi connectivity index (χ0n) is 13.9. The third-order valence-corrected chi connectivity index (χ3v) is 3.92. The summed E-state index contributed by atoms with van der Waals surface area (Å²) in [5, 5.41) is 2.38. The normalized spacial score (nSPS) is 11.6. The SMILES string of the molecule is Cc1nc2c(C)cccn2c(=O)c1NC(=O)c1cccc(C(F)(F)F)c1. The first kappa shape index (κ1) is 17.7. The number of carbonyl (C=O) groups excluding carboxylic acids is 1. The standard InChI is InChI=1S/C18H14F3N3O2/c1-10-5-4-8-24-15(10)22-11(2)14(17(24)26)23-16(25)12-6-3-7-13(9-12)18(19,20)21/h3-9H,1-2H3,(H,23,25). The molecule has 0 saturated heterocycles. The molecule has 1 N–H and O–H groups in total. The topological polar surface area (TPSA) is 63.5 Å². The molecule has 8 heteroatoms. The van der Waals surface area contributed by atoms with Crippen LogP contribution in [0.3, 0.4) is 0 Å². The molecular weight excluding hydrogens is 347 g/mol. The molecule has 2 heterocycles. The summed E-state index contributed by atoms with van der Waals surface area (Å²) in [7, 11) is 0. The predicted molar refractivity (Wildman–Crippen MR) is 90.3 cm³/mol. The number of alkyl halides is 3. The van der Waals surface area contributed by atoms with E-state index < -0.39 is 23.2 Å². The molecule has 0 atom stereocenters. The van der Waals surface area contributed by atoms with E-state index in [-0.39, 0.29) is 16.9 Å². The number of rotatable bonds is 2. The fraction of sp³-hybridized carbons (Fsp3) is 0.167. The molecule has 0 aliphatic heterocycles. The number of aryl methyl sites for hydroxylation is 2. The summed E-state index contributed by atoms with van der Waals surface area (Å²) >= 11 is 0. The van der Waals surface area contributed by atoms with Crippen molar-refractivity contribution in [2.75, 3.05) is 5.32 Å². The highest BCUT2D eigenvalue weighted by Gasteiger charge is 2.31. The minimum absolute atomic E-state index is 0.0736. The fourth-order valence-corrected chi connectivity index (χ4v) is 2.57. The number of fused-ring (bicyclic) bond motifs is 1. The molecule has 0 fully saturated rings. The van der Waals surface area contributed by atoms with Crippen LogP contribution in [0.1, 0.15) is 27.2 Å². The number of aromatic nitrogens is 2. The van der Waals surface area contributed by atoms with E-state index in [0.717, 1.165) is 23.8 Å². The molecule has 0 radical (unpaired) electrons. The first-order chi connectivity index (χ1) is 12.2. The Morgan fingerprint density at radius 2 is 1.88 bits per heavy atom. The van der Waals surface area contributed by atoms with Crippen LogP contribution in [-0.2, 0) is 6.18 Å². The Morgan fingerprint density at radius 3 is 2.58 bits per heavy atom. The second-order valence-electron chi connectivity index (χ2n) is 5.79. The molecule has 5 nitrogen and oxygen atoms in total. The monoisotopic (exact) mass is 361 g/mol. The van der Waals surface area contributed by atoms with Crippen LogP contribution in [-0.4, -0.2) is 15.3 Å². The number of hydrogen-bond donors (Lipinski definition) is 1. The number of nitrogens with zero attached hydrogens (tertiary/aromatic N) is 2. The second kappa shape index (κ2) is 6.29. The molecule has 3 aromatic rings. The largest absolute Gasteiger partial charge is 0.416 e. The molecular formula is C18H14F3N3O2. The predicted octanol–water partition coefficient (Wildman–Crippen LogP) is 3.58. The Balaban J connectivity index is 2.02. The summed E-state index contributed by atoms with van der Waals surface area (Å²) in [6.07, 6.45) is -3.05. The van der Waals surface area contributed by atoms with Crippen molar-refractivity contribution < 1.29 is 18.0 Å². The summed E-state index contributed by atoms with van der Waals surface area (Å²) in [4.78, 5) is 29.3. The van der Waals surface area contributed by atoms with Gasteiger partial charge in [0.1, 0.15) is 11.3 Å². The first-order valence-electron chi connectivity index (χ1n) is 7.65. The van der Waals surface area contributed by atoms with Gasteiger partial charge in [0.2, 0.25) is 0 Å². The molecule has 1 amide bonds. The molecule has 0 saturated carbocycles. The van der Waals surface area contributed by atoms with Gasteiger partial charge in [0.05, 0.1) is 11.3 Å². The van der Waals surface area contributed by atoms with Gasteiger partial charge in [0.15, 0.2) is 0 Å². The molecule has 0 bridgehead atoms. The van der Waals surface area contributed by atoms with Gasteiger partial charge in [-0.2, -0.15) is 13.2 Å². The second-order valence-corrected chi connectivity index (χ2v) is 5.79. The van der Waals surface area contributed by atoms with Gasteiger partial charge in [0, 0.05) is 11.8 Å². The molecule has 0 spiro atoms. The van der Waals surface area contributed by atoms with Crippen molar-refractivity contribution in [1.29, 1.82) is 0 Å². The quantitative estimate of drug-likeness (QED) is 0.759. The zero-order valence-corrected chi connectivity index (χ0v) is 13.9. The molecule has 0 aliphatic rings. The average Bonchev–Trinajstić information content (AvgIpc) is 2.59. The van der Waals surface area contributed by atoms with Gasteiger partial charge in [-0.05, 0) is 43.7 Å². The highest BCUT2D eigenvalue weighted by molar-refractivity contribution is 6.04. The highest BCUT2D eigenvalue weighted by Crippen LogP contribution is 2.29. The molecule has 0 aliphatic carbocycles. The molecule has 2 aromatic heterocycles. The number of nitrogens with one attached hydrogen (secondary N) is 1. The maximum absolute atomic E-state index is 12.8. The van der Waals surface area contributed by atoms with E-state index in [0.29, 0.717) is 5.65 Å². The van der Waals surface area contributed by atoms with E-state index in [1.54, 1.807) is 26.0 Å². The molecule has 26 heavy (non-hydrogen) atoms. The Morgan fingerprint density at radius 1 is 1.15 bits per heavy atom. The Labute approximate surface area is 146 Å². The van der Waals surface area contributed by atoms with Gasteiger partial charge in [-0.25, -0.2) is 4.98 Å². The third-order valence-electron chi connectivity index (χ3n) is 3.92. The zero-order chi connectivity index (χ0) is 19.1. The van der Waals surface area contributed by atoms with Crippen LogP contribution >= 0.6 is 0 Å². The lowest BCUT2D eigenvalue weighted by atomic mass is 10.1. The maximum Gasteiger partial charge on any atom is 0.416 e. The number of benzene rings is 1. The van der Waals surface area contributed by atoms with E-state index in [1.807, 2.05) is 0 Å². The maximum atomic E-state index is 12.8. The molecule has 0 unspecified atom stereocenters. The van der Waals surface area contributed by atoms with Gasteiger partial charge in [-0.15, -0.1) is 0 Å². The average molecular weight is 361 g/mol. The summed E-state index contributed by atoms with van der Waals surface area (Å²) < 4.78 is 39.7. The smallest absolute Gasteiger partial charge is 0.316 e. The van der Waals surface area contributed by atoms with Crippen LogP contribution in [0.5, 0.6) is 0 Å². The lowest BCUT2D eigenvalue weighted by Gasteiger charge is -2.12. The first-order valence-corrected chi connectivity index (χ1v) is 7.65. The fourth-order valence-electron chi connectivity index (χ4n) is 2.57. The Kier molecular flexibility index (Phi) is 4.27. The van der Waals surface area contributed by atoms with Crippen molar-refractivity contribution in [1.82, 2.24) is 9.38 Å². The highest BCUT2D eigenvalue weighted by atomic mass is 19.4. The number of anilines is 1. The number of amides is 1. The number of carbonyl (C=O) groups is 1.